The van der Waals surface area contributed by atoms with Crippen molar-refractivity contribution in [3.63, 3.8) is 0 Å². The van der Waals surface area contributed by atoms with E-state index in [-0.39, 0.29) is 5.78 Å². The molecule has 2 aromatic carbocycles. The molecule has 2 rings (SSSR count). The second-order valence-electron chi connectivity index (χ2n) is 4.18. The minimum absolute atomic E-state index is 0.214. The van der Waals surface area contributed by atoms with E-state index in [2.05, 4.69) is 28.7 Å². The van der Waals surface area contributed by atoms with Crippen LogP contribution in [0, 0.1) is 14.9 Å². The molecule has 0 radical (unpaired) electrons. The summed E-state index contributed by atoms with van der Waals surface area (Å²) in [6.07, 6.45) is 0. The predicted molar refractivity (Wildman–Crippen MR) is 84.8 cm³/mol. The van der Waals surface area contributed by atoms with E-state index in [1.807, 2.05) is 18.2 Å². The van der Waals surface area contributed by atoms with Crippen molar-refractivity contribution in [3.05, 3.63) is 63.2 Å². The Morgan fingerprint density at radius 2 is 1.85 bits per heavy atom. The van der Waals surface area contributed by atoms with Gasteiger partial charge in [-0.1, -0.05) is 30.3 Å². The number of ketones is 1. The molecule has 0 bridgehead atoms. The number of nitrogens with zero attached hydrogens (tertiary/aromatic N) is 1. The fraction of sp³-hybridized carbons (Fsp3) is 0.125. The van der Waals surface area contributed by atoms with Crippen molar-refractivity contribution < 1.29 is 9.53 Å². The van der Waals surface area contributed by atoms with E-state index in [0.717, 1.165) is 3.57 Å². The van der Waals surface area contributed by atoms with Crippen LogP contribution < -0.4 is 4.74 Å². The third-order valence-electron chi connectivity index (χ3n) is 2.97. The molecule has 1 unspecified atom stereocenters. The van der Waals surface area contributed by atoms with Gasteiger partial charge in [-0.3, -0.25) is 4.79 Å². The zero-order chi connectivity index (χ0) is 14.5. The predicted octanol–water partition coefficient (Wildman–Crippen LogP) is 3.79. The van der Waals surface area contributed by atoms with Gasteiger partial charge >= 0.3 is 0 Å². The number of benzene rings is 2. The van der Waals surface area contributed by atoms with Crippen molar-refractivity contribution in [3.8, 4) is 11.8 Å². The number of rotatable bonds is 4. The van der Waals surface area contributed by atoms with Crippen LogP contribution in [0.3, 0.4) is 0 Å². The van der Waals surface area contributed by atoms with Gasteiger partial charge in [0.2, 0.25) is 0 Å². The highest BCUT2D eigenvalue weighted by atomic mass is 127. The Morgan fingerprint density at radius 3 is 2.45 bits per heavy atom. The van der Waals surface area contributed by atoms with Gasteiger partial charge in [-0.15, -0.1) is 0 Å². The molecule has 1 atom stereocenters. The molecule has 4 heteroatoms. The van der Waals surface area contributed by atoms with Crippen LogP contribution in [0.25, 0.3) is 0 Å². The highest BCUT2D eigenvalue weighted by Crippen LogP contribution is 2.28. The van der Waals surface area contributed by atoms with E-state index >= 15 is 0 Å². The lowest BCUT2D eigenvalue weighted by Gasteiger charge is -2.12. The van der Waals surface area contributed by atoms with Crippen molar-refractivity contribution in [1.82, 2.24) is 0 Å². The summed E-state index contributed by atoms with van der Waals surface area (Å²) in [6, 6.07) is 16.4. The molecule has 2 aromatic rings. The number of carbonyl (C=O) groups is 1. The molecule has 0 aliphatic rings. The van der Waals surface area contributed by atoms with Crippen molar-refractivity contribution in [1.29, 1.82) is 5.26 Å². The number of hydrogen-bond acceptors (Lipinski definition) is 3. The molecule has 100 valence electrons. The van der Waals surface area contributed by atoms with Gasteiger partial charge in [0.15, 0.2) is 5.78 Å². The summed E-state index contributed by atoms with van der Waals surface area (Å²) in [5, 5.41) is 9.36. The van der Waals surface area contributed by atoms with E-state index in [9.17, 15) is 10.1 Å². The summed E-state index contributed by atoms with van der Waals surface area (Å²) in [6.45, 7) is 0. The molecule has 0 aliphatic carbocycles. The third kappa shape index (κ3) is 2.99. The molecule has 0 aliphatic heterocycles. The molecule has 0 heterocycles. The summed E-state index contributed by atoms with van der Waals surface area (Å²) in [5.41, 5.74) is 1.13. The van der Waals surface area contributed by atoms with Crippen molar-refractivity contribution in [2.75, 3.05) is 7.11 Å². The van der Waals surface area contributed by atoms with Crippen molar-refractivity contribution >= 4 is 28.4 Å². The number of halogens is 1. The molecule has 20 heavy (non-hydrogen) atoms. The summed E-state index contributed by atoms with van der Waals surface area (Å²) in [5.74, 6) is -0.516. The van der Waals surface area contributed by atoms with Gasteiger partial charge in [-0.05, 0) is 40.8 Å². The third-order valence-corrected chi connectivity index (χ3v) is 3.69. The summed E-state index contributed by atoms with van der Waals surface area (Å²) in [4.78, 5) is 12.5. The number of ether oxygens (including phenoxy) is 1. The normalized spacial score (nSPS) is 11.4. The van der Waals surface area contributed by atoms with Gasteiger partial charge in [-0.25, -0.2) is 0 Å². The summed E-state index contributed by atoms with van der Waals surface area (Å²) in [7, 11) is 1.53. The van der Waals surface area contributed by atoms with Crippen LogP contribution in [0.4, 0.5) is 0 Å². The summed E-state index contributed by atoms with van der Waals surface area (Å²) >= 11 is 2.17. The minimum Gasteiger partial charge on any atom is -0.496 e. The van der Waals surface area contributed by atoms with Gasteiger partial charge in [-0.2, -0.15) is 5.26 Å². The van der Waals surface area contributed by atoms with Crippen LogP contribution in [0.15, 0.2) is 48.5 Å². The topological polar surface area (TPSA) is 50.1 Å². The Morgan fingerprint density at radius 1 is 1.20 bits per heavy atom. The monoisotopic (exact) mass is 377 g/mol. The Balaban J connectivity index is 2.40. The molecule has 0 N–H and O–H groups in total. The van der Waals surface area contributed by atoms with Crippen LogP contribution in [0.1, 0.15) is 21.8 Å². The van der Waals surface area contributed by atoms with Crippen LogP contribution in [-0.4, -0.2) is 12.9 Å². The summed E-state index contributed by atoms with van der Waals surface area (Å²) < 4.78 is 6.27. The zero-order valence-corrected chi connectivity index (χ0v) is 13.0. The fourth-order valence-electron chi connectivity index (χ4n) is 1.96. The van der Waals surface area contributed by atoms with E-state index in [1.54, 1.807) is 30.3 Å². The number of hydrogen-bond donors (Lipinski definition) is 0. The maximum atomic E-state index is 12.5. The Labute approximate surface area is 131 Å². The van der Waals surface area contributed by atoms with Gasteiger partial charge in [0.25, 0.3) is 0 Å². The van der Waals surface area contributed by atoms with Crippen LogP contribution >= 0.6 is 22.6 Å². The smallest absolute Gasteiger partial charge is 0.184 e. The lowest BCUT2D eigenvalue weighted by atomic mass is 9.91. The highest BCUT2D eigenvalue weighted by molar-refractivity contribution is 14.1. The molecule has 0 saturated carbocycles. The number of carbonyl (C=O) groups excluding carboxylic acids is 1. The lowest BCUT2D eigenvalue weighted by Crippen LogP contribution is -2.12. The largest absolute Gasteiger partial charge is 0.496 e. The first kappa shape index (κ1) is 14.5. The first-order chi connectivity index (χ1) is 9.67. The minimum atomic E-state index is -0.855. The Hall–Kier alpha value is -1.87. The molecular weight excluding hydrogens is 365 g/mol. The quantitative estimate of drug-likeness (QED) is 0.602. The van der Waals surface area contributed by atoms with E-state index in [1.165, 1.54) is 7.11 Å². The SMILES string of the molecule is COc1ccccc1C(C#N)C(=O)c1ccc(I)cc1. The number of Topliss-reactive ketones (excluding diaryl/α,β-unsaturated/α-hetero) is 1. The van der Waals surface area contributed by atoms with Crippen LogP contribution in [0.5, 0.6) is 5.75 Å². The molecule has 0 saturated heterocycles. The molecule has 0 fully saturated rings. The number of para-hydroxylation sites is 1. The highest BCUT2D eigenvalue weighted by Gasteiger charge is 2.24. The van der Waals surface area contributed by atoms with Gasteiger partial charge in [0, 0.05) is 14.7 Å². The fourth-order valence-corrected chi connectivity index (χ4v) is 2.31. The molecule has 0 spiro atoms. The van der Waals surface area contributed by atoms with Gasteiger partial charge in [0.05, 0.1) is 13.2 Å². The zero-order valence-electron chi connectivity index (χ0n) is 10.8. The average molecular weight is 377 g/mol. The molecular formula is C16H12INO2. The lowest BCUT2D eigenvalue weighted by molar-refractivity contribution is 0.0978. The van der Waals surface area contributed by atoms with Crippen LogP contribution in [0.2, 0.25) is 0 Å². The molecule has 3 nitrogen and oxygen atoms in total. The first-order valence-electron chi connectivity index (χ1n) is 5.99. The van der Waals surface area contributed by atoms with Crippen molar-refractivity contribution in [2.45, 2.75) is 5.92 Å². The van der Waals surface area contributed by atoms with Crippen molar-refractivity contribution in [2.24, 2.45) is 0 Å². The van der Waals surface area contributed by atoms with E-state index in [4.69, 9.17) is 4.74 Å². The molecule has 0 aromatic heterocycles. The molecule has 0 amide bonds. The van der Waals surface area contributed by atoms with E-state index < -0.39 is 5.92 Å². The van der Waals surface area contributed by atoms with Gasteiger partial charge < -0.3 is 4.74 Å². The van der Waals surface area contributed by atoms with Gasteiger partial charge in [0.1, 0.15) is 11.7 Å². The number of nitriles is 1. The second-order valence-corrected chi connectivity index (χ2v) is 5.42. The maximum absolute atomic E-state index is 12.5. The maximum Gasteiger partial charge on any atom is 0.184 e. The Kier molecular flexibility index (Phi) is 4.74. The first-order valence-corrected chi connectivity index (χ1v) is 7.07. The second kappa shape index (κ2) is 6.53. The van der Waals surface area contributed by atoms with Crippen LogP contribution in [-0.2, 0) is 0 Å². The average Bonchev–Trinajstić information content (AvgIpc) is 2.49. The number of methoxy groups -OCH3 is 1. The Bertz CT molecular complexity index is 659. The van der Waals surface area contributed by atoms with E-state index in [0.29, 0.717) is 16.9 Å². The standard InChI is InChI=1S/C16H12INO2/c1-20-15-5-3-2-4-13(15)14(10-18)16(19)11-6-8-12(17)9-7-11/h2-9,14H,1H3.